The van der Waals surface area contributed by atoms with Crippen LogP contribution in [0.15, 0.2) is 33.9 Å². The van der Waals surface area contributed by atoms with E-state index in [4.69, 9.17) is 0 Å². The topological polar surface area (TPSA) is 81.9 Å². The van der Waals surface area contributed by atoms with Gasteiger partial charge in [0, 0.05) is 0 Å². The Morgan fingerprint density at radius 2 is 1.87 bits per heavy atom. The summed E-state index contributed by atoms with van der Waals surface area (Å²) < 4.78 is 33.1. The molecule has 15 heavy (non-hydrogen) atoms. The second kappa shape index (κ2) is 4.99. The van der Waals surface area contributed by atoms with E-state index in [0.717, 1.165) is 18.4 Å². The molecule has 0 saturated heterocycles. The molecule has 0 atom stereocenters. The van der Waals surface area contributed by atoms with Gasteiger partial charge in [0.15, 0.2) is 0 Å². The summed E-state index contributed by atoms with van der Waals surface area (Å²) in [6.45, 7) is 2.07. The number of rotatable bonds is 4. The van der Waals surface area contributed by atoms with Crippen molar-refractivity contribution in [2.45, 2.75) is 19.8 Å². The highest BCUT2D eigenvalue weighted by Gasteiger charge is 1.93. The third-order valence-electron chi connectivity index (χ3n) is 1.73. The van der Waals surface area contributed by atoms with Gasteiger partial charge in [-0.2, -0.15) is 0 Å². The highest BCUT2D eigenvalue weighted by Crippen LogP contribution is 2.14. The van der Waals surface area contributed by atoms with Gasteiger partial charge < -0.3 is 4.55 Å². The molecule has 1 aromatic rings. The lowest BCUT2D eigenvalue weighted by atomic mass is 10.1. The van der Waals surface area contributed by atoms with Crippen LogP contribution in [0, 0.1) is 0 Å². The lowest BCUT2D eigenvalue weighted by Crippen LogP contribution is -1.88. The Morgan fingerprint density at radius 1 is 1.27 bits per heavy atom. The fourth-order valence-corrected chi connectivity index (χ4v) is 1.31. The summed E-state index contributed by atoms with van der Waals surface area (Å²) in [6, 6.07) is 6.91. The minimum absolute atomic E-state index is 0.356. The van der Waals surface area contributed by atoms with Gasteiger partial charge in [-0.3, -0.25) is 0 Å². The van der Waals surface area contributed by atoms with Crippen molar-refractivity contribution in [2.75, 3.05) is 0 Å². The summed E-state index contributed by atoms with van der Waals surface area (Å²) in [5, 5.41) is 3.30. The average molecular weight is 227 g/mol. The summed E-state index contributed by atoms with van der Waals surface area (Å²) in [6.07, 6.45) is 1.99. The maximum Gasteiger partial charge on any atom is 0.220 e. The van der Waals surface area contributed by atoms with Gasteiger partial charge in [0.2, 0.25) is 10.3 Å². The fraction of sp³-hybridized carbons (Fsp3) is 0.333. The average Bonchev–Trinajstić information content (AvgIpc) is 2.16. The molecular weight excluding hydrogens is 216 g/mol. The molecule has 0 heterocycles. The van der Waals surface area contributed by atoms with Crippen LogP contribution in [0.5, 0.6) is 0 Å². The summed E-state index contributed by atoms with van der Waals surface area (Å²) in [4.78, 5) is 0. The molecule has 0 spiro atoms. The second-order valence-electron chi connectivity index (χ2n) is 3.03. The minimum Gasteiger partial charge on any atom is -0.728 e. The standard InChI is InChI=1S/C9H12N2O3S/c1-2-3-8-4-6-9(7-5-8)10-11-15(12,13)14/h4-7H,2-3H2,1H3,(H,12,13,14)/p-1. The van der Waals surface area contributed by atoms with Crippen LogP contribution in [0.25, 0.3) is 0 Å². The molecular formula is C9H11N2O3S-. The summed E-state index contributed by atoms with van der Waals surface area (Å²) >= 11 is 0. The van der Waals surface area contributed by atoms with Gasteiger partial charge in [0.05, 0.1) is 5.69 Å². The molecule has 6 heteroatoms. The van der Waals surface area contributed by atoms with Crippen molar-refractivity contribution >= 4 is 16.0 Å². The van der Waals surface area contributed by atoms with E-state index in [1.165, 1.54) is 0 Å². The van der Waals surface area contributed by atoms with Crippen molar-refractivity contribution in [3.8, 4) is 0 Å². The molecule has 0 aliphatic rings. The zero-order valence-corrected chi connectivity index (χ0v) is 9.07. The van der Waals surface area contributed by atoms with Crippen LogP contribution in [-0.2, 0) is 16.7 Å². The Balaban J connectivity index is 2.77. The Labute approximate surface area is 88.7 Å². The molecule has 82 valence electrons. The number of aryl methyl sites for hydroxylation is 1. The van der Waals surface area contributed by atoms with Crippen LogP contribution < -0.4 is 0 Å². The van der Waals surface area contributed by atoms with Crippen molar-refractivity contribution in [1.82, 2.24) is 0 Å². The predicted octanol–water partition coefficient (Wildman–Crippen LogP) is 2.18. The molecule has 0 aliphatic heterocycles. The number of nitrogens with zero attached hydrogens (tertiary/aromatic N) is 2. The molecule has 0 amide bonds. The van der Waals surface area contributed by atoms with Crippen molar-refractivity contribution < 1.29 is 13.0 Å². The molecule has 5 nitrogen and oxygen atoms in total. The molecule has 0 aromatic heterocycles. The van der Waals surface area contributed by atoms with Crippen molar-refractivity contribution in [3.63, 3.8) is 0 Å². The van der Waals surface area contributed by atoms with Crippen molar-refractivity contribution in [1.29, 1.82) is 0 Å². The van der Waals surface area contributed by atoms with E-state index in [-0.39, 0.29) is 0 Å². The Bertz CT molecular complexity index is 437. The maximum atomic E-state index is 10.2. The number of hydrogen-bond acceptors (Lipinski definition) is 4. The fourth-order valence-electron chi connectivity index (χ4n) is 1.12. The molecule has 0 radical (unpaired) electrons. The third kappa shape index (κ3) is 4.66. The molecule has 0 aliphatic carbocycles. The SMILES string of the molecule is CCCc1ccc(N=NS(=O)(=O)[O-])cc1. The van der Waals surface area contributed by atoms with Crippen LogP contribution in [0.2, 0.25) is 0 Å². The summed E-state index contributed by atoms with van der Waals surface area (Å²) in [5.41, 5.74) is 1.50. The van der Waals surface area contributed by atoms with Crippen LogP contribution in [-0.4, -0.2) is 13.0 Å². The largest absolute Gasteiger partial charge is 0.728 e. The molecule has 0 saturated carbocycles. The van der Waals surface area contributed by atoms with E-state index in [1.807, 2.05) is 12.1 Å². The summed E-state index contributed by atoms with van der Waals surface area (Å²) in [5.74, 6) is 0. The molecule has 1 rings (SSSR count). The van der Waals surface area contributed by atoms with E-state index in [9.17, 15) is 13.0 Å². The van der Waals surface area contributed by atoms with E-state index in [0.29, 0.717) is 5.69 Å². The summed E-state index contributed by atoms with van der Waals surface area (Å²) in [7, 11) is -4.63. The van der Waals surface area contributed by atoms with E-state index in [2.05, 4.69) is 16.6 Å². The van der Waals surface area contributed by atoms with Crippen molar-refractivity contribution in [3.05, 3.63) is 29.8 Å². The number of benzene rings is 1. The van der Waals surface area contributed by atoms with Crippen LogP contribution in [0.3, 0.4) is 0 Å². The first kappa shape index (κ1) is 11.8. The lowest BCUT2D eigenvalue weighted by molar-refractivity contribution is 0.462. The molecule has 1 aromatic carbocycles. The first-order chi connectivity index (χ1) is 7.01. The molecule has 0 bridgehead atoms. The first-order valence-electron chi connectivity index (χ1n) is 4.49. The lowest BCUT2D eigenvalue weighted by Gasteiger charge is -1.99. The Kier molecular flexibility index (Phi) is 3.93. The van der Waals surface area contributed by atoms with Crippen LogP contribution in [0.1, 0.15) is 18.9 Å². The molecule has 0 N–H and O–H groups in total. The highest BCUT2D eigenvalue weighted by molar-refractivity contribution is 7.84. The van der Waals surface area contributed by atoms with Gasteiger partial charge in [-0.25, -0.2) is 8.42 Å². The minimum atomic E-state index is -4.63. The van der Waals surface area contributed by atoms with E-state index >= 15 is 0 Å². The van der Waals surface area contributed by atoms with Crippen molar-refractivity contribution in [2.24, 2.45) is 9.63 Å². The highest BCUT2D eigenvalue weighted by atomic mass is 32.2. The number of hydrogen-bond donors (Lipinski definition) is 0. The monoisotopic (exact) mass is 227 g/mol. The van der Waals surface area contributed by atoms with Gasteiger partial charge in [-0.1, -0.05) is 30.0 Å². The first-order valence-corrected chi connectivity index (χ1v) is 5.85. The predicted molar refractivity (Wildman–Crippen MR) is 54.7 cm³/mol. The quantitative estimate of drug-likeness (QED) is 0.583. The Morgan fingerprint density at radius 3 is 2.33 bits per heavy atom. The normalized spacial score (nSPS) is 12.1. The third-order valence-corrected chi connectivity index (χ3v) is 2.01. The molecule has 0 unspecified atom stereocenters. The zero-order valence-electron chi connectivity index (χ0n) is 8.25. The molecule has 0 fully saturated rings. The maximum absolute atomic E-state index is 10.2. The van der Waals surface area contributed by atoms with Gasteiger partial charge in [-0.05, 0) is 24.1 Å². The smallest absolute Gasteiger partial charge is 0.220 e. The Hall–Kier alpha value is -1.27. The van der Waals surface area contributed by atoms with Gasteiger partial charge in [0.25, 0.3) is 0 Å². The van der Waals surface area contributed by atoms with Gasteiger partial charge in [0.1, 0.15) is 0 Å². The van der Waals surface area contributed by atoms with E-state index < -0.39 is 10.3 Å². The van der Waals surface area contributed by atoms with Gasteiger partial charge in [-0.15, -0.1) is 5.11 Å². The van der Waals surface area contributed by atoms with Gasteiger partial charge >= 0.3 is 0 Å². The van der Waals surface area contributed by atoms with Crippen LogP contribution in [0.4, 0.5) is 5.69 Å². The zero-order chi connectivity index (χ0) is 11.3. The van der Waals surface area contributed by atoms with Crippen LogP contribution >= 0.6 is 0 Å². The second-order valence-corrected chi connectivity index (χ2v) is 4.04. The van der Waals surface area contributed by atoms with E-state index in [1.54, 1.807) is 12.1 Å².